The first-order valence-electron chi connectivity index (χ1n) is 14.6. The Bertz CT molecular complexity index is 2170. The molecule has 0 saturated heterocycles. The zero-order chi connectivity index (χ0) is 31.0. The number of anilines is 2. The van der Waals surface area contributed by atoms with E-state index in [0.29, 0.717) is 57.3 Å². The van der Waals surface area contributed by atoms with E-state index in [1.165, 1.54) is 0 Å². The molecule has 0 saturated carbocycles. The number of aromatic nitrogens is 2. The predicted octanol–water partition coefficient (Wildman–Crippen LogP) is 9.72. The van der Waals surface area contributed by atoms with Gasteiger partial charge in [0.05, 0.1) is 0 Å². The Labute approximate surface area is 263 Å². The second-order valence-electron chi connectivity index (χ2n) is 10.8. The van der Waals surface area contributed by atoms with Gasteiger partial charge < -0.3 is 29.8 Å². The number of fused-ring (bicyclic) bond motifs is 2. The van der Waals surface area contributed by atoms with E-state index in [4.69, 9.17) is 39.7 Å². The Morgan fingerprint density at radius 2 is 0.826 bits per heavy atom. The molecule has 0 aliphatic heterocycles. The fourth-order valence-electron chi connectivity index (χ4n) is 5.21. The normalized spacial score (nSPS) is 11.2. The van der Waals surface area contributed by atoms with Crippen molar-refractivity contribution in [1.82, 2.24) is 9.97 Å². The molecular formula is C38H26N4O4. The summed E-state index contributed by atoms with van der Waals surface area (Å²) in [4.78, 5) is 9.39. The topological polar surface area (TPSA) is 123 Å². The summed E-state index contributed by atoms with van der Waals surface area (Å²) in [6, 6.07) is 41.8. The molecule has 0 spiro atoms. The van der Waals surface area contributed by atoms with Crippen molar-refractivity contribution in [2.24, 2.45) is 0 Å². The summed E-state index contributed by atoms with van der Waals surface area (Å²) in [5.74, 6) is 3.80. The fraction of sp³-hybridized carbons (Fsp3) is 0. The molecule has 0 radical (unpaired) electrons. The van der Waals surface area contributed by atoms with Gasteiger partial charge in [-0.2, -0.15) is 0 Å². The second-order valence-corrected chi connectivity index (χ2v) is 10.8. The fourth-order valence-corrected chi connectivity index (χ4v) is 5.21. The van der Waals surface area contributed by atoms with E-state index in [1.807, 2.05) is 121 Å². The van der Waals surface area contributed by atoms with Crippen molar-refractivity contribution >= 4 is 33.6 Å². The number of rotatable bonds is 7. The van der Waals surface area contributed by atoms with Crippen molar-refractivity contribution in [3.63, 3.8) is 0 Å². The first kappa shape index (κ1) is 27.0. The standard InChI is InChI=1S/C38H26N4O4/c39-27-3-1-5-31(21-27)43-29-13-7-23(8-14-29)37-41-33-17-11-25(19-35(33)45-37)26-12-18-34-36(20-26)46-38(42-34)24-9-15-30(16-10-24)44-32-6-2-4-28(40)22-32/h1-22H,39-40H2. The van der Waals surface area contributed by atoms with E-state index < -0.39 is 0 Å². The zero-order valence-electron chi connectivity index (χ0n) is 24.4. The van der Waals surface area contributed by atoms with E-state index in [-0.39, 0.29) is 0 Å². The number of benzene rings is 6. The maximum absolute atomic E-state index is 6.17. The first-order valence-corrected chi connectivity index (χ1v) is 14.6. The van der Waals surface area contributed by atoms with Gasteiger partial charge in [0.1, 0.15) is 34.0 Å². The summed E-state index contributed by atoms with van der Waals surface area (Å²) in [5.41, 5.74) is 19.6. The van der Waals surface area contributed by atoms with Crippen molar-refractivity contribution in [3.05, 3.63) is 133 Å². The molecule has 0 fully saturated rings. The largest absolute Gasteiger partial charge is 0.457 e. The minimum absolute atomic E-state index is 0.530. The maximum Gasteiger partial charge on any atom is 0.227 e. The number of nitrogen functional groups attached to an aromatic ring is 2. The Hall–Kier alpha value is -6.54. The average Bonchev–Trinajstić information content (AvgIpc) is 3.69. The highest BCUT2D eigenvalue weighted by atomic mass is 16.5. The molecule has 0 aliphatic carbocycles. The van der Waals surface area contributed by atoms with Crippen LogP contribution in [0.1, 0.15) is 0 Å². The van der Waals surface area contributed by atoms with E-state index in [0.717, 1.165) is 33.3 Å². The minimum Gasteiger partial charge on any atom is -0.457 e. The van der Waals surface area contributed by atoms with Crippen LogP contribution in [0.5, 0.6) is 23.0 Å². The monoisotopic (exact) mass is 602 g/mol. The van der Waals surface area contributed by atoms with Crippen molar-refractivity contribution in [1.29, 1.82) is 0 Å². The summed E-state index contributed by atoms with van der Waals surface area (Å²) in [6.07, 6.45) is 0. The van der Waals surface area contributed by atoms with Gasteiger partial charge in [0.15, 0.2) is 11.2 Å². The lowest BCUT2D eigenvalue weighted by atomic mass is 10.1. The molecule has 222 valence electrons. The molecule has 8 heteroatoms. The van der Waals surface area contributed by atoms with Crippen LogP contribution in [0.2, 0.25) is 0 Å². The van der Waals surface area contributed by atoms with Crippen LogP contribution in [-0.2, 0) is 0 Å². The molecule has 0 amide bonds. The third-order valence-corrected chi connectivity index (χ3v) is 7.50. The quantitative estimate of drug-likeness (QED) is 0.173. The van der Waals surface area contributed by atoms with Gasteiger partial charge in [0.2, 0.25) is 11.8 Å². The van der Waals surface area contributed by atoms with Crippen molar-refractivity contribution in [3.8, 4) is 57.0 Å². The molecule has 0 unspecified atom stereocenters. The van der Waals surface area contributed by atoms with Crippen LogP contribution >= 0.6 is 0 Å². The van der Waals surface area contributed by atoms with Crippen molar-refractivity contribution in [2.45, 2.75) is 0 Å². The van der Waals surface area contributed by atoms with Crippen molar-refractivity contribution < 1.29 is 18.3 Å². The average molecular weight is 603 g/mol. The summed E-state index contributed by atoms with van der Waals surface area (Å²) >= 11 is 0. The molecular weight excluding hydrogens is 576 g/mol. The number of hydrogen-bond donors (Lipinski definition) is 2. The molecule has 2 aromatic heterocycles. The summed E-state index contributed by atoms with van der Waals surface area (Å²) in [5, 5.41) is 0. The van der Waals surface area contributed by atoms with Gasteiger partial charge in [0.25, 0.3) is 0 Å². The number of oxazole rings is 2. The third-order valence-electron chi connectivity index (χ3n) is 7.50. The smallest absolute Gasteiger partial charge is 0.227 e. The van der Waals surface area contributed by atoms with Gasteiger partial charge in [-0.05, 0) is 108 Å². The number of ether oxygens (including phenoxy) is 2. The van der Waals surface area contributed by atoms with E-state index in [1.54, 1.807) is 12.1 Å². The van der Waals surface area contributed by atoms with Gasteiger partial charge in [-0.3, -0.25) is 0 Å². The number of nitrogens with two attached hydrogens (primary N) is 2. The molecule has 6 aromatic carbocycles. The highest BCUT2D eigenvalue weighted by molar-refractivity contribution is 5.86. The lowest BCUT2D eigenvalue weighted by molar-refractivity contribution is 0.482. The Morgan fingerprint density at radius 3 is 1.24 bits per heavy atom. The highest BCUT2D eigenvalue weighted by Crippen LogP contribution is 2.33. The van der Waals surface area contributed by atoms with E-state index in [2.05, 4.69) is 0 Å². The van der Waals surface area contributed by atoms with Gasteiger partial charge >= 0.3 is 0 Å². The number of nitrogens with zero attached hydrogens (tertiary/aromatic N) is 2. The molecule has 0 bridgehead atoms. The highest BCUT2D eigenvalue weighted by Gasteiger charge is 2.13. The van der Waals surface area contributed by atoms with Crippen LogP contribution < -0.4 is 20.9 Å². The van der Waals surface area contributed by atoms with Gasteiger partial charge in [0, 0.05) is 34.6 Å². The van der Waals surface area contributed by atoms with Gasteiger partial charge in [-0.25, -0.2) is 9.97 Å². The molecule has 8 nitrogen and oxygen atoms in total. The zero-order valence-corrected chi connectivity index (χ0v) is 24.4. The van der Waals surface area contributed by atoms with Gasteiger partial charge in [-0.1, -0.05) is 24.3 Å². The van der Waals surface area contributed by atoms with Crippen LogP contribution in [0.3, 0.4) is 0 Å². The molecule has 8 rings (SSSR count). The Morgan fingerprint density at radius 1 is 0.413 bits per heavy atom. The molecule has 4 N–H and O–H groups in total. The third kappa shape index (κ3) is 5.46. The first-order chi connectivity index (χ1) is 22.5. The number of hydrogen-bond acceptors (Lipinski definition) is 8. The van der Waals surface area contributed by atoms with Crippen LogP contribution in [0.25, 0.3) is 56.2 Å². The van der Waals surface area contributed by atoms with Crippen LogP contribution in [0.15, 0.2) is 142 Å². The summed E-state index contributed by atoms with van der Waals surface area (Å²) in [7, 11) is 0. The van der Waals surface area contributed by atoms with E-state index >= 15 is 0 Å². The molecule has 46 heavy (non-hydrogen) atoms. The minimum atomic E-state index is 0.530. The Kier molecular flexibility index (Phi) is 6.58. The molecule has 2 heterocycles. The maximum atomic E-state index is 6.17. The predicted molar refractivity (Wildman–Crippen MR) is 180 cm³/mol. The van der Waals surface area contributed by atoms with Crippen LogP contribution in [0.4, 0.5) is 11.4 Å². The molecule has 8 aromatic rings. The Balaban J connectivity index is 1.01. The van der Waals surface area contributed by atoms with Gasteiger partial charge in [-0.15, -0.1) is 0 Å². The van der Waals surface area contributed by atoms with E-state index in [9.17, 15) is 0 Å². The van der Waals surface area contributed by atoms with Crippen LogP contribution in [-0.4, -0.2) is 9.97 Å². The van der Waals surface area contributed by atoms with Crippen molar-refractivity contribution in [2.75, 3.05) is 11.5 Å². The lowest BCUT2D eigenvalue weighted by Gasteiger charge is -2.06. The summed E-state index contributed by atoms with van der Waals surface area (Å²) < 4.78 is 24.2. The SMILES string of the molecule is Nc1cccc(Oc2ccc(-c3nc4ccc(-c5ccc6nc(-c7ccc(Oc8cccc(N)c8)cc7)oc6c5)cc4o3)cc2)c1. The second kappa shape index (κ2) is 11.2. The molecule has 0 aliphatic rings. The lowest BCUT2D eigenvalue weighted by Crippen LogP contribution is -1.87. The van der Waals surface area contributed by atoms with Crippen LogP contribution in [0, 0.1) is 0 Å². The summed E-state index contributed by atoms with van der Waals surface area (Å²) in [6.45, 7) is 0. The molecule has 0 atom stereocenters.